The van der Waals surface area contributed by atoms with Crippen molar-refractivity contribution in [2.24, 2.45) is 12.8 Å². The number of carbonyl (C=O) groups is 1. The molecule has 0 unspecified atom stereocenters. The van der Waals surface area contributed by atoms with Gasteiger partial charge >= 0.3 is 0 Å². The van der Waals surface area contributed by atoms with Crippen LogP contribution in [0.25, 0.3) is 0 Å². The predicted octanol–water partition coefficient (Wildman–Crippen LogP) is 1.24. The van der Waals surface area contributed by atoms with E-state index in [1.54, 1.807) is 4.68 Å². The molecule has 0 radical (unpaired) electrons. The van der Waals surface area contributed by atoms with Gasteiger partial charge in [-0.25, -0.2) is 4.98 Å². The second kappa shape index (κ2) is 6.15. The number of amides is 1. The van der Waals surface area contributed by atoms with Crippen LogP contribution in [-0.2, 0) is 18.4 Å². The number of aromatic nitrogens is 3. The summed E-state index contributed by atoms with van der Waals surface area (Å²) < 4.78 is 2.59. The zero-order chi connectivity index (χ0) is 14.7. The van der Waals surface area contributed by atoms with Gasteiger partial charge in [-0.15, -0.1) is 0 Å². The molecule has 0 aliphatic heterocycles. The minimum absolute atomic E-state index is 0.396. The van der Waals surface area contributed by atoms with Crippen molar-refractivity contribution in [3.8, 4) is 0 Å². The molecule has 1 heterocycles. The predicted molar refractivity (Wildman–Crippen MR) is 78.5 cm³/mol. The quantitative estimate of drug-likeness (QED) is 0.890. The van der Waals surface area contributed by atoms with Crippen LogP contribution in [0.4, 0.5) is 0 Å². The first-order chi connectivity index (χ1) is 9.49. The van der Waals surface area contributed by atoms with Crippen LogP contribution in [0.5, 0.6) is 0 Å². The SMILES string of the molecule is CN(Cc1ncnn1C)[C@@H](C(N)=O)c1cccc(Br)c1. The summed E-state index contributed by atoms with van der Waals surface area (Å²) in [5.41, 5.74) is 6.39. The summed E-state index contributed by atoms with van der Waals surface area (Å²) >= 11 is 3.40. The van der Waals surface area contributed by atoms with Crippen LogP contribution in [0.15, 0.2) is 35.1 Å². The summed E-state index contributed by atoms with van der Waals surface area (Å²) in [6, 6.07) is 7.05. The number of halogens is 1. The second-order valence-electron chi connectivity index (χ2n) is 4.57. The molecule has 0 aliphatic rings. The molecule has 0 aliphatic carbocycles. The van der Waals surface area contributed by atoms with Crippen molar-refractivity contribution in [2.45, 2.75) is 12.6 Å². The monoisotopic (exact) mass is 337 g/mol. The van der Waals surface area contributed by atoms with Gasteiger partial charge in [0.05, 0.1) is 6.54 Å². The fourth-order valence-electron chi connectivity index (χ4n) is 2.09. The third-order valence-corrected chi connectivity index (χ3v) is 3.56. The Balaban J connectivity index is 2.25. The topological polar surface area (TPSA) is 77.0 Å². The molecule has 0 bridgehead atoms. The number of hydrogen-bond donors (Lipinski definition) is 1. The van der Waals surface area contributed by atoms with Gasteiger partial charge in [-0.3, -0.25) is 14.4 Å². The highest BCUT2D eigenvalue weighted by atomic mass is 79.9. The number of benzene rings is 1. The maximum Gasteiger partial charge on any atom is 0.239 e. The van der Waals surface area contributed by atoms with Crippen molar-refractivity contribution in [1.29, 1.82) is 0 Å². The van der Waals surface area contributed by atoms with Gasteiger partial charge in [0.25, 0.3) is 0 Å². The number of hydrogen-bond acceptors (Lipinski definition) is 4. The van der Waals surface area contributed by atoms with E-state index < -0.39 is 11.9 Å². The van der Waals surface area contributed by atoms with E-state index in [2.05, 4.69) is 26.0 Å². The van der Waals surface area contributed by atoms with E-state index in [0.717, 1.165) is 15.9 Å². The number of nitrogens with zero attached hydrogens (tertiary/aromatic N) is 4. The third-order valence-electron chi connectivity index (χ3n) is 3.07. The lowest BCUT2D eigenvalue weighted by Gasteiger charge is -2.25. The van der Waals surface area contributed by atoms with Gasteiger partial charge in [0.1, 0.15) is 18.2 Å². The van der Waals surface area contributed by atoms with Crippen molar-refractivity contribution in [1.82, 2.24) is 19.7 Å². The number of nitrogens with two attached hydrogens (primary N) is 1. The Morgan fingerprint density at radius 2 is 2.30 bits per heavy atom. The summed E-state index contributed by atoms with van der Waals surface area (Å²) in [6.07, 6.45) is 1.49. The molecule has 1 aromatic heterocycles. The first-order valence-electron chi connectivity index (χ1n) is 6.07. The summed E-state index contributed by atoms with van der Waals surface area (Å²) in [4.78, 5) is 17.8. The summed E-state index contributed by atoms with van der Waals surface area (Å²) in [5.74, 6) is 0.376. The third kappa shape index (κ3) is 3.23. The van der Waals surface area contributed by atoms with Gasteiger partial charge in [-0.2, -0.15) is 5.10 Å². The van der Waals surface area contributed by atoms with Gasteiger partial charge in [0.15, 0.2) is 0 Å². The Bertz CT molecular complexity index is 612. The first kappa shape index (κ1) is 14.7. The van der Waals surface area contributed by atoms with Gasteiger partial charge in [0, 0.05) is 11.5 Å². The molecule has 1 atom stereocenters. The first-order valence-corrected chi connectivity index (χ1v) is 6.86. The van der Waals surface area contributed by atoms with E-state index in [1.165, 1.54) is 6.33 Å². The Kier molecular flexibility index (Phi) is 4.51. The maximum absolute atomic E-state index is 11.8. The fraction of sp³-hybridized carbons (Fsp3) is 0.308. The minimum atomic E-state index is -0.510. The van der Waals surface area contributed by atoms with Crippen LogP contribution in [0.1, 0.15) is 17.4 Å². The van der Waals surface area contributed by atoms with Crippen molar-refractivity contribution in [3.63, 3.8) is 0 Å². The van der Waals surface area contributed by atoms with Crippen molar-refractivity contribution >= 4 is 21.8 Å². The summed E-state index contributed by atoms with van der Waals surface area (Å²) in [6.45, 7) is 0.483. The molecular weight excluding hydrogens is 322 g/mol. The Morgan fingerprint density at radius 3 is 2.85 bits per heavy atom. The molecule has 2 rings (SSSR count). The molecule has 0 spiro atoms. The standard InChI is InChI=1S/C13H16BrN5O/c1-18(7-11-16-8-17-19(11)2)12(13(15)20)9-4-3-5-10(14)6-9/h3-6,8,12H,7H2,1-2H3,(H2,15,20)/t12-/m1/s1. The molecule has 1 aromatic carbocycles. The molecule has 106 valence electrons. The van der Waals surface area contributed by atoms with Gasteiger partial charge in [-0.1, -0.05) is 28.1 Å². The lowest BCUT2D eigenvalue weighted by molar-refractivity contribution is -0.123. The number of rotatable bonds is 5. The molecule has 1 amide bonds. The summed E-state index contributed by atoms with van der Waals surface area (Å²) in [5, 5.41) is 4.02. The van der Waals surface area contributed by atoms with Crippen LogP contribution < -0.4 is 5.73 Å². The molecule has 6 nitrogen and oxygen atoms in total. The normalized spacial score (nSPS) is 12.6. The molecule has 7 heteroatoms. The van der Waals surface area contributed by atoms with Crippen LogP contribution in [0.3, 0.4) is 0 Å². The van der Waals surface area contributed by atoms with E-state index in [1.807, 2.05) is 43.3 Å². The van der Waals surface area contributed by atoms with Crippen LogP contribution in [0, 0.1) is 0 Å². The number of carbonyl (C=O) groups excluding carboxylic acids is 1. The molecule has 0 saturated heterocycles. The van der Waals surface area contributed by atoms with Gasteiger partial charge in [-0.05, 0) is 24.7 Å². The van der Waals surface area contributed by atoms with Gasteiger partial charge in [0.2, 0.25) is 5.91 Å². The molecule has 2 aromatic rings. The zero-order valence-electron chi connectivity index (χ0n) is 11.3. The van der Waals surface area contributed by atoms with Crippen molar-refractivity contribution in [2.75, 3.05) is 7.05 Å². The minimum Gasteiger partial charge on any atom is -0.368 e. The Morgan fingerprint density at radius 1 is 1.55 bits per heavy atom. The average molecular weight is 338 g/mol. The second-order valence-corrected chi connectivity index (χ2v) is 5.49. The van der Waals surface area contributed by atoms with Crippen LogP contribution in [-0.4, -0.2) is 32.6 Å². The Labute approximate surface area is 125 Å². The molecule has 2 N–H and O–H groups in total. The lowest BCUT2D eigenvalue weighted by atomic mass is 10.1. The highest BCUT2D eigenvalue weighted by molar-refractivity contribution is 9.10. The summed E-state index contributed by atoms with van der Waals surface area (Å²) in [7, 11) is 3.65. The molecule has 20 heavy (non-hydrogen) atoms. The number of primary amides is 1. The molecular formula is C13H16BrN5O. The lowest BCUT2D eigenvalue weighted by Crippen LogP contribution is -2.35. The van der Waals surface area contributed by atoms with E-state index in [9.17, 15) is 4.79 Å². The molecule has 0 fully saturated rings. The highest BCUT2D eigenvalue weighted by Gasteiger charge is 2.24. The van der Waals surface area contributed by atoms with E-state index >= 15 is 0 Å². The van der Waals surface area contributed by atoms with Gasteiger partial charge < -0.3 is 5.73 Å². The Hall–Kier alpha value is -1.73. The van der Waals surface area contributed by atoms with Crippen LogP contribution in [0.2, 0.25) is 0 Å². The number of likely N-dealkylation sites (N-methyl/N-ethyl adjacent to an activating group) is 1. The van der Waals surface area contributed by atoms with Crippen LogP contribution >= 0.6 is 15.9 Å². The number of aryl methyl sites for hydroxylation is 1. The highest BCUT2D eigenvalue weighted by Crippen LogP contribution is 2.23. The maximum atomic E-state index is 11.8. The largest absolute Gasteiger partial charge is 0.368 e. The van der Waals surface area contributed by atoms with E-state index in [0.29, 0.717) is 6.54 Å². The average Bonchev–Trinajstić information content (AvgIpc) is 2.74. The molecule has 0 saturated carbocycles. The van der Waals surface area contributed by atoms with E-state index in [4.69, 9.17) is 5.73 Å². The van der Waals surface area contributed by atoms with Crippen molar-refractivity contribution in [3.05, 3.63) is 46.5 Å². The van der Waals surface area contributed by atoms with Crippen molar-refractivity contribution < 1.29 is 4.79 Å². The fourth-order valence-corrected chi connectivity index (χ4v) is 2.51. The smallest absolute Gasteiger partial charge is 0.239 e. The zero-order valence-corrected chi connectivity index (χ0v) is 12.9. The van der Waals surface area contributed by atoms with E-state index in [-0.39, 0.29) is 0 Å².